The molecule has 0 aliphatic rings. The van der Waals surface area contributed by atoms with Gasteiger partial charge in [0.05, 0.1) is 0 Å². The van der Waals surface area contributed by atoms with Gasteiger partial charge in [0.15, 0.2) is 17.2 Å². The zero-order chi connectivity index (χ0) is 27.8. The number of fused-ring (bicyclic) bond motifs is 3. The van der Waals surface area contributed by atoms with Crippen LogP contribution < -0.4 is 0 Å². The fraction of sp³-hybridized carbons (Fsp3) is 0. The number of benzene rings is 6. The van der Waals surface area contributed by atoms with Crippen LogP contribution in [0, 0.1) is 14.7 Å². The zero-order valence-electron chi connectivity index (χ0n) is 20.6. The predicted octanol–water partition coefficient (Wildman–Crippen LogP) is 8.83. The predicted molar refractivity (Wildman–Crippen MR) is 153 cm³/mol. The van der Waals surface area contributed by atoms with Crippen LogP contribution in [0.25, 0.3) is 32.3 Å². The Balaban J connectivity index is 0.000000163. The third kappa shape index (κ3) is 6.26. The molecule has 6 rings (SSSR count). The van der Waals surface area contributed by atoms with E-state index in [0.29, 0.717) is 16.2 Å². The third-order valence-corrected chi connectivity index (χ3v) is 5.93. The maximum Gasteiger partial charge on any atom is 0.152 e. The largest absolute Gasteiger partial charge is 0.505 e. The first kappa shape index (κ1) is 29.4. The first-order chi connectivity index (χ1) is 19.0. The van der Waals surface area contributed by atoms with Gasteiger partial charge in [0.25, 0.3) is 0 Å². The van der Waals surface area contributed by atoms with Crippen LogP contribution in [0.5, 0.6) is 17.2 Å². The molecule has 0 fully saturated rings. The molecule has 6 aromatic carbocycles. The molecular weight excluding hydrogens is 557 g/mol. The van der Waals surface area contributed by atoms with Gasteiger partial charge in [-0.3, -0.25) is 0 Å². The Morgan fingerprint density at radius 3 is 0.875 bits per heavy atom. The van der Waals surface area contributed by atoms with Crippen molar-refractivity contribution in [2.75, 3.05) is 0 Å². The van der Waals surface area contributed by atoms with E-state index < -0.39 is 0 Å². The summed E-state index contributed by atoms with van der Waals surface area (Å²) in [7, 11) is 0. The van der Waals surface area contributed by atoms with E-state index in [9.17, 15) is 30.0 Å². The topological polar surface area (TPSA) is 149 Å². The van der Waals surface area contributed by atoms with Crippen molar-refractivity contribution < 1.29 is 32.1 Å². The summed E-state index contributed by atoms with van der Waals surface area (Å²) in [5, 5.41) is 41.5. The molecule has 0 unspecified atom stereocenters. The van der Waals surface area contributed by atoms with Gasteiger partial charge in [-0.25, -0.2) is 0 Å². The number of phenols is 3. The quantitative estimate of drug-likeness (QED) is 0.179. The second kappa shape index (κ2) is 13.6. The second-order valence-electron chi connectivity index (χ2n) is 8.24. The summed E-state index contributed by atoms with van der Waals surface area (Å²) in [6.45, 7) is 0. The molecule has 0 saturated carbocycles. The molecule has 0 heterocycles. The first-order valence-corrected chi connectivity index (χ1v) is 11.6. The average molecular weight is 578 g/mol. The summed E-state index contributed by atoms with van der Waals surface area (Å²) < 4.78 is 0. The van der Waals surface area contributed by atoms with E-state index in [1.54, 1.807) is 54.6 Å². The van der Waals surface area contributed by atoms with Gasteiger partial charge in [0.2, 0.25) is 0 Å². The summed E-state index contributed by atoms with van der Waals surface area (Å²) in [6.07, 6.45) is 0. The molecular formula is C30H21CoN3O6. The summed E-state index contributed by atoms with van der Waals surface area (Å²) >= 11 is 0. The summed E-state index contributed by atoms with van der Waals surface area (Å²) in [5.74, 6) is -0.144. The number of hydrogen-bond acceptors (Lipinski definition) is 9. The number of nitrogens with zero attached hydrogens (tertiary/aromatic N) is 3. The molecule has 0 aromatic heterocycles. The number of phenolic OH excluding ortho intramolecular Hbond substituents is 3. The van der Waals surface area contributed by atoms with E-state index in [1.807, 2.05) is 36.4 Å². The molecule has 10 heteroatoms. The van der Waals surface area contributed by atoms with Gasteiger partial charge in [0, 0.05) is 32.9 Å². The molecule has 6 aromatic rings. The normalized spacial score (nSPS) is 9.90. The molecule has 201 valence electrons. The summed E-state index contributed by atoms with van der Waals surface area (Å²) in [6, 6.07) is 31.6. The monoisotopic (exact) mass is 578 g/mol. The maximum absolute atomic E-state index is 10.3. The standard InChI is InChI=1S/3C10H7NO2.Co/c3*12-10-8-4-2-1-3-7(8)5-6-9(10)11-13;/h3*1-6,12H;. The van der Waals surface area contributed by atoms with Crippen molar-refractivity contribution in [1.82, 2.24) is 0 Å². The van der Waals surface area contributed by atoms with Crippen LogP contribution in [-0.4, -0.2) is 15.3 Å². The zero-order valence-corrected chi connectivity index (χ0v) is 21.7. The second-order valence-corrected chi connectivity index (χ2v) is 8.24. The van der Waals surface area contributed by atoms with Crippen LogP contribution in [-0.2, 0) is 16.8 Å². The molecule has 40 heavy (non-hydrogen) atoms. The van der Waals surface area contributed by atoms with Gasteiger partial charge in [0.1, 0.15) is 17.1 Å². The fourth-order valence-electron chi connectivity index (χ4n) is 3.95. The Bertz CT molecular complexity index is 1620. The van der Waals surface area contributed by atoms with E-state index >= 15 is 0 Å². The summed E-state index contributed by atoms with van der Waals surface area (Å²) in [4.78, 5) is 30.8. The maximum atomic E-state index is 10.3. The number of hydrogen-bond donors (Lipinski definition) is 3. The van der Waals surface area contributed by atoms with Gasteiger partial charge >= 0.3 is 0 Å². The van der Waals surface area contributed by atoms with E-state index in [2.05, 4.69) is 15.5 Å². The minimum atomic E-state index is -0.0481. The molecule has 0 aliphatic carbocycles. The fourth-order valence-corrected chi connectivity index (χ4v) is 3.95. The molecule has 0 atom stereocenters. The Hall–Kier alpha value is -5.19. The Morgan fingerprint density at radius 2 is 0.625 bits per heavy atom. The summed E-state index contributed by atoms with van der Waals surface area (Å²) in [5.41, 5.74) is 0.246. The van der Waals surface area contributed by atoms with Crippen LogP contribution >= 0.6 is 0 Å². The van der Waals surface area contributed by atoms with Crippen LogP contribution in [0.1, 0.15) is 0 Å². The average Bonchev–Trinajstić information content (AvgIpc) is 2.99. The minimum Gasteiger partial charge on any atom is -0.505 e. The first-order valence-electron chi connectivity index (χ1n) is 11.6. The number of rotatable bonds is 3. The van der Waals surface area contributed by atoms with Gasteiger partial charge in [-0.15, -0.1) is 14.7 Å². The van der Waals surface area contributed by atoms with Crippen molar-refractivity contribution in [3.8, 4) is 17.2 Å². The van der Waals surface area contributed by atoms with Gasteiger partial charge in [-0.05, 0) is 49.9 Å². The van der Waals surface area contributed by atoms with Gasteiger partial charge in [-0.2, -0.15) is 0 Å². The molecule has 3 N–H and O–H groups in total. The SMILES string of the molecule is O=Nc1ccc2ccccc2c1O.O=Nc1ccc2ccccc2c1O.O=Nc1ccc2ccccc2c1O.[Co]. The molecule has 0 bridgehead atoms. The van der Waals surface area contributed by atoms with Crippen molar-refractivity contribution in [3.63, 3.8) is 0 Å². The third-order valence-electron chi connectivity index (χ3n) is 5.93. The molecule has 1 radical (unpaired) electrons. The van der Waals surface area contributed by atoms with E-state index in [-0.39, 0.29) is 51.1 Å². The van der Waals surface area contributed by atoms with E-state index in [0.717, 1.165) is 16.2 Å². The van der Waals surface area contributed by atoms with Crippen molar-refractivity contribution in [1.29, 1.82) is 0 Å². The Kier molecular flexibility index (Phi) is 9.95. The molecule has 0 saturated heterocycles. The van der Waals surface area contributed by atoms with Gasteiger partial charge < -0.3 is 15.3 Å². The Labute approximate surface area is 237 Å². The van der Waals surface area contributed by atoms with Crippen LogP contribution in [0.3, 0.4) is 0 Å². The van der Waals surface area contributed by atoms with Crippen molar-refractivity contribution in [2.24, 2.45) is 15.5 Å². The number of aromatic hydroxyl groups is 3. The molecule has 0 spiro atoms. The van der Waals surface area contributed by atoms with Crippen molar-refractivity contribution >= 4 is 49.4 Å². The minimum absolute atomic E-state index is 0. The van der Waals surface area contributed by atoms with Gasteiger partial charge in [-0.1, -0.05) is 91.0 Å². The number of nitroso groups, excluding NO2 is 3. The smallest absolute Gasteiger partial charge is 0.152 e. The molecule has 0 amide bonds. The Morgan fingerprint density at radius 1 is 0.375 bits per heavy atom. The van der Waals surface area contributed by atoms with E-state index in [4.69, 9.17) is 0 Å². The van der Waals surface area contributed by atoms with Crippen LogP contribution in [0.15, 0.2) is 125 Å². The van der Waals surface area contributed by atoms with Crippen LogP contribution in [0.4, 0.5) is 17.1 Å². The van der Waals surface area contributed by atoms with Crippen molar-refractivity contribution in [3.05, 3.63) is 124 Å². The van der Waals surface area contributed by atoms with Crippen LogP contribution in [0.2, 0.25) is 0 Å². The molecule has 9 nitrogen and oxygen atoms in total. The van der Waals surface area contributed by atoms with E-state index in [1.165, 1.54) is 18.2 Å². The van der Waals surface area contributed by atoms with Crippen molar-refractivity contribution in [2.45, 2.75) is 0 Å². The molecule has 0 aliphatic heterocycles.